The van der Waals surface area contributed by atoms with Crippen molar-refractivity contribution < 1.29 is 19.5 Å². The van der Waals surface area contributed by atoms with Gasteiger partial charge in [-0.05, 0) is 37.3 Å². The normalized spacial score (nSPS) is 15.0. The zero-order chi connectivity index (χ0) is 24.1. The maximum Gasteiger partial charge on any atom is 0.377 e. The number of para-hydroxylation sites is 2. The Hall–Kier alpha value is -3.99. The van der Waals surface area contributed by atoms with E-state index in [4.69, 9.17) is 5.11 Å². The van der Waals surface area contributed by atoms with Crippen LogP contribution >= 0.6 is 0 Å². The predicted molar refractivity (Wildman–Crippen MR) is 131 cm³/mol. The number of allylic oxidation sites excluding steroid dienone is 1. The highest BCUT2D eigenvalue weighted by molar-refractivity contribution is 6.40. The molecule has 0 bridgehead atoms. The first-order chi connectivity index (χ1) is 16.5. The van der Waals surface area contributed by atoms with Crippen LogP contribution in [0.1, 0.15) is 34.8 Å². The van der Waals surface area contributed by atoms with Crippen molar-refractivity contribution in [2.24, 2.45) is 5.92 Å². The highest BCUT2D eigenvalue weighted by Crippen LogP contribution is 2.36. The highest BCUT2D eigenvalue weighted by Gasteiger charge is 2.36. The number of carboxylic acids is 1. The van der Waals surface area contributed by atoms with Crippen LogP contribution in [0.3, 0.4) is 0 Å². The van der Waals surface area contributed by atoms with E-state index in [-0.39, 0.29) is 16.1 Å². The van der Waals surface area contributed by atoms with Gasteiger partial charge in [0.15, 0.2) is 17.3 Å². The lowest BCUT2D eigenvalue weighted by Crippen LogP contribution is -2.56. The van der Waals surface area contributed by atoms with Crippen molar-refractivity contribution in [3.63, 3.8) is 0 Å². The van der Waals surface area contributed by atoms with Gasteiger partial charge in [0.2, 0.25) is 0 Å². The fourth-order valence-corrected chi connectivity index (χ4v) is 4.87. The second-order valence-electron chi connectivity index (χ2n) is 8.44. The van der Waals surface area contributed by atoms with Crippen molar-refractivity contribution in [2.75, 3.05) is 6.54 Å². The van der Waals surface area contributed by atoms with E-state index in [0.717, 1.165) is 22.5 Å². The Morgan fingerprint density at radius 3 is 2.12 bits per heavy atom. The monoisotopic (exact) mass is 455 g/mol. The lowest BCUT2D eigenvalue weighted by molar-refractivity contribution is -0.131. The van der Waals surface area contributed by atoms with Gasteiger partial charge in [0.05, 0.1) is 0 Å². The molecule has 3 aromatic rings. The molecule has 1 aliphatic rings. The molecule has 0 fully saturated rings. The molecule has 0 heterocycles. The number of hydrogen-bond donors (Lipinski definition) is 2. The van der Waals surface area contributed by atoms with E-state index in [1.165, 1.54) is 0 Å². The van der Waals surface area contributed by atoms with Gasteiger partial charge in [0.1, 0.15) is 12.2 Å². The Morgan fingerprint density at radius 1 is 0.971 bits per heavy atom. The largest absolute Gasteiger partial charge is 0.475 e. The number of aliphatic carboxylic acids is 1. The number of carboxylic acid groups (broad SMARTS) is 1. The first-order valence-electron chi connectivity index (χ1n) is 11.4. The molecular formula is C28H27N2O4+. The molecule has 1 unspecified atom stereocenters. The summed E-state index contributed by atoms with van der Waals surface area (Å²) in [6, 6.07) is 25.1. The number of nitrogens with zero attached hydrogens (tertiary/aromatic N) is 1. The molecule has 0 radical (unpaired) electrons. The fraction of sp³-hybridized carbons (Fsp3) is 0.214. The molecule has 34 heavy (non-hydrogen) atoms. The molecule has 0 aliphatic heterocycles. The number of hydrogen-bond acceptors (Lipinski definition) is 4. The number of ketones is 1. The van der Waals surface area contributed by atoms with Gasteiger partial charge in [-0.1, -0.05) is 54.6 Å². The molecule has 4 rings (SSSR count). The maximum atomic E-state index is 12.3. The summed E-state index contributed by atoms with van der Waals surface area (Å²) in [5.74, 6) is -0.313. The van der Waals surface area contributed by atoms with Crippen LogP contribution in [-0.2, 0) is 22.4 Å². The molecule has 172 valence electrons. The summed E-state index contributed by atoms with van der Waals surface area (Å²) in [5, 5.41) is 9.17. The van der Waals surface area contributed by atoms with Gasteiger partial charge in [-0.3, -0.25) is 4.79 Å². The second-order valence-corrected chi connectivity index (χ2v) is 8.44. The summed E-state index contributed by atoms with van der Waals surface area (Å²) in [6.45, 7) is 2.72. The van der Waals surface area contributed by atoms with Crippen LogP contribution in [0.2, 0.25) is 0 Å². The van der Waals surface area contributed by atoms with Gasteiger partial charge in [-0.25, -0.2) is 15.0 Å². The first kappa shape index (κ1) is 23.2. The number of rotatable bonds is 8. The van der Waals surface area contributed by atoms with Gasteiger partial charge < -0.3 is 5.11 Å². The average molecular weight is 456 g/mol. The number of benzene rings is 3. The van der Waals surface area contributed by atoms with Crippen LogP contribution in [0.15, 0.2) is 84.6 Å². The van der Waals surface area contributed by atoms with E-state index in [9.17, 15) is 14.4 Å². The van der Waals surface area contributed by atoms with Crippen LogP contribution in [0, 0.1) is 5.92 Å². The van der Waals surface area contributed by atoms with Gasteiger partial charge in [-0.2, -0.15) is 4.59 Å². The van der Waals surface area contributed by atoms with E-state index < -0.39 is 11.8 Å². The summed E-state index contributed by atoms with van der Waals surface area (Å²) in [7, 11) is 0. The molecule has 6 nitrogen and oxygen atoms in total. The molecule has 1 aliphatic carbocycles. The van der Waals surface area contributed by atoms with Crippen molar-refractivity contribution in [1.82, 2.24) is 10.0 Å². The number of quaternary nitrogens is 1. The van der Waals surface area contributed by atoms with Crippen LogP contribution in [0.4, 0.5) is 11.4 Å². The van der Waals surface area contributed by atoms with Crippen LogP contribution in [0.5, 0.6) is 0 Å². The number of Topliss-reactive ketones (excluding diaryl/α,β-unsaturated/α-hetero) is 1. The summed E-state index contributed by atoms with van der Waals surface area (Å²) in [5.41, 5.74) is 7.88. The quantitative estimate of drug-likeness (QED) is 0.170. The average Bonchev–Trinajstić information content (AvgIpc) is 2.89. The number of carbonyl (C=O) groups excluding carboxylic acids is 2. The highest BCUT2D eigenvalue weighted by atomic mass is 16.4. The molecule has 0 spiro atoms. The van der Waals surface area contributed by atoms with E-state index in [1.54, 1.807) is 12.1 Å². The molecule has 0 saturated heterocycles. The molecule has 0 aromatic heterocycles. The maximum absolute atomic E-state index is 12.3. The molecule has 2 N–H and O–H groups in total. The zero-order valence-electron chi connectivity index (χ0n) is 19.0. The zero-order valence-corrected chi connectivity index (χ0v) is 19.0. The smallest absolute Gasteiger partial charge is 0.377 e. The standard InChI is InChI=1S/C28H26N2O4/c1-2-30(22-11-5-3-6-12-22,23-13-7-4-8-14-23)29-26(19-31)21-16-17-24-20(18-21)10-9-15-25(24)27(32)28(33)34/h3-15,21,29H,2,16-18H2,1H3/p+1. The fourth-order valence-electron chi connectivity index (χ4n) is 4.87. The number of nitrogens with one attached hydrogen (secondary N) is 1. The first-order valence-corrected chi connectivity index (χ1v) is 11.4. The van der Waals surface area contributed by atoms with Gasteiger partial charge >= 0.3 is 5.97 Å². The van der Waals surface area contributed by atoms with Crippen molar-refractivity contribution in [3.05, 3.63) is 101 Å². The Morgan fingerprint density at radius 2 is 1.59 bits per heavy atom. The third kappa shape index (κ3) is 4.29. The minimum atomic E-state index is -1.46. The predicted octanol–water partition coefficient (Wildman–Crippen LogP) is 4.64. The SMILES string of the molecule is CC[N+](NC(=C=O)C1CCc2c(cccc2C(=O)C(=O)O)C1)(c1ccccc1)c1ccccc1. The summed E-state index contributed by atoms with van der Waals surface area (Å²) >= 11 is 0. The molecule has 1 atom stereocenters. The van der Waals surface area contributed by atoms with E-state index in [0.29, 0.717) is 31.5 Å². The minimum Gasteiger partial charge on any atom is -0.475 e. The van der Waals surface area contributed by atoms with Crippen molar-refractivity contribution >= 4 is 29.1 Å². The van der Waals surface area contributed by atoms with Crippen molar-refractivity contribution in [3.8, 4) is 0 Å². The van der Waals surface area contributed by atoms with Crippen LogP contribution in [-0.4, -0.2) is 29.3 Å². The third-order valence-electron chi connectivity index (χ3n) is 6.62. The second kappa shape index (κ2) is 9.87. The molecule has 3 aromatic carbocycles. The van der Waals surface area contributed by atoms with Crippen LogP contribution in [0.25, 0.3) is 0 Å². The van der Waals surface area contributed by atoms with Gasteiger partial charge in [-0.15, -0.1) is 0 Å². The summed E-state index contributed by atoms with van der Waals surface area (Å²) in [4.78, 5) is 35.7. The molecule has 0 amide bonds. The Labute approximate surface area is 198 Å². The van der Waals surface area contributed by atoms with Crippen molar-refractivity contribution in [1.29, 1.82) is 0 Å². The Kier molecular flexibility index (Phi) is 6.73. The van der Waals surface area contributed by atoms with Crippen molar-refractivity contribution in [2.45, 2.75) is 26.2 Å². The topological polar surface area (TPSA) is 83.5 Å². The number of carbonyl (C=O) groups is 2. The van der Waals surface area contributed by atoms with Gasteiger partial charge in [0.25, 0.3) is 5.78 Å². The minimum absolute atomic E-state index is 0.128. The molecule has 6 heteroatoms. The van der Waals surface area contributed by atoms with Gasteiger partial charge in [0, 0.05) is 35.7 Å². The molecular weight excluding hydrogens is 428 g/mol. The molecule has 0 saturated carbocycles. The lowest BCUT2D eigenvalue weighted by atomic mass is 9.80. The lowest BCUT2D eigenvalue weighted by Gasteiger charge is -2.38. The number of fused-ring (bicyclic) bond motifs is 1. The van der Waals surface area contributed by atoms with E-state index >= 15 is 0 Å². The Bertz CT molecular complexity index is 1210. The third-order valence-corrected chi connectivity index (χ3v) is 6.62. The summed E-state index contributed by atoms with van der Waals surface area (Å²) in [6.07, 6.45) is 1.66. The van der Waals surface area contributed by atoms with Crippen LogP contribution < -0.4 is 10.0 Å². The summed E-state index contributed by atoms with van der Waals surface area (Å²) < 4.78 is 0.257. The Balaban J connectivity index is 1.69. The van der Waals surface area contributed by atoms with E-state index in [1.807, 2.05) is 66.7 Å². The van der Waals surface area contributed by atoms with E-state index in [2.05, 4.69) is 18.3 Å².